The Kier molecular flexibility index (Phi) is 3.28. The molecule has 2 aromatic carbocycles. The van der Waals surface area contributed by atoms with E-state index in [1.807, 2.05) is 0 Å². The zero-order valence-corrected chi connectivity index (χ0v) is 9.19. The Morgan fingerprint density at radius 2 is 1.28 bits per heavy atom. The SMILES string of the molecule is O=C(C(=O)c1c(F)cccc1F)c1ccccc1. The number of carbonyl (C=O) groups excluding carboxylic acids is 2. The van der Waals surface area contributed by atoms with Gasteiger partial charge in [0.05, 0.1) is 5.56 Å². The third-order valence-electron chi connectivity index (χ3n) is 2.43. The van der Waals surface area contributed by atoms with E-state index >= 15 is 0 Å². The fraction of sp³-hybridized carbons (Fsp3) is 0. The van der Waals surface area contributed by atoms with E-state index in [0.717, 1.165) is 18.2 Å². The molecule has 90 valence electrons. The van der Waals surface area contributed by atoms with Crippen molar-refractivity contribution in [3.05, 3.63) is 71.3 Å². The summed E-state index contributed by atoms with van der Waals surface area (Å²) >= 11 is 0. The molecule has 0 aliphatic rings. The first-order valence-electron chi connectivity index (χ1n) is 5.19. The molecule has 0 aliphatic carbocycles. The maximum atomic E-state index is 13.4. The summed E-state index contributed by atoms with van der Waals surface area (Å²) in [5.74, 6) is -4.19. The molecule has 0 aromatic heterocycles. The van der Waals surface area contributed by atoms with Crippen molar-refractivity contribution in [2.24, 2.45) is 0 Å². The largest absolute Gasteiger partial charge is 0.285 e. The quantitative estimate of drug-likeness (QED) is 0.616. The van der Waals surface area contributed by atoms with Gasteiger partial charge in [-0.25, -0.2) is 8.78 Å². The van der Waals surface area contributed by atoms with Gasteiger partial charge in [-0.15, -0.1) is 0 Å². The molecule has 18 heavy (non-hydrogen) atoms. The lowest BCUT2D eigenvalue weighted by Gasteiger charge is -2.03. The smallest absolute Gasteiger partial charge is 0.239 e. The van der Waals surface area contributed by atoms with Crippen molar-refractivity contribution in [1.82, 2.24) is 0 Å². The number of hydrogen-bond donors (Lipinski definition) is 0. The van der Waals surface area contributed by atoms with Gasteiger partial charge in [0.2, 0.25) is 11.6 Å². The second-order valence-electron chi connectivity index (χ2n) is 3.62. The Hall–Kier alpha value is -2.36. The van der Waals surface area contributed by atoms with E-state index in [9.17, 15) is 18.4 Å². The van der Waals surface area contributed by atoms with Gasteiger partial charge in [0.15, 0.2) is 0 Å². The number of rotatable bonds is 3. The van der Waals surface area contributed by atoms with Crippen molar-refractivity contribution < 1.29 is 18.4 Å². The van der Waals surface area contributed by atoms with Crippen molar-refractivity contribution in [1.29, 1.82) is 0 Å². The molecule has 4 heteroatoms. The fourth-order valence-corrected chi connectivity index (χ4v) is 1.55. The molecule has 0 heterocycles. The van der Waals surface area contributed by atoms with Crippen molar-refractivity contribution in [3.63, 3.8) is 0 Å². The first kappa shape index (κ1) is 12.1. The maximum absolute atomic E-state index is 13.4. The summed E-state index contributed by atoms with van der Waals surface area (Å²) in [6.45, 7) is 0. The molecular weight excluding hydrogens is 238 g/mol. The summed E-state index contributed by atoms with van der Waals surface area (Å²) in [5.41, 5.74) is -0.712. The van der Waals surface area contributed by atoms with Gasteiger partial charge in [-0.05, 0) is 12.1 Å². The van der Waals surface area contributed by atoms with Gasteiger partial charge in [-0.1, -0.05) is 36.4 Å². The zero-order valence-electron chi connectivity index (χ0n) is 9.19. The zero-order chi connectivity index (χ0) is 13.1. The van der Waals surface area contributed by atoms with E-state index in [1.165, 1.54) is 12.1 Å². The van der Waals surface area contributed by atoms with Crippen LogP contribution in [0, 0.1) is 11.6 Å². The van der Waals surface area contributed by atoms with Crippen molar-refractivity contribution >= 4 is 11.6 Å². The molecule has 0 atom stereocenters. The van der Waals surface area contributed by atoms with Gasteiger partial charge in [0.25, 0.3) is 0 Å². The Labute approximate surface area is 102 Å². The van der Waals surface area contributed by atoms with Crippen LogP contribution >= 0.6 is 0 Å². The molecule has 0 spiro atoms. The van der Waals surface area contributed by atoms with E-state index < -0.39 is 28.8 Å². The number of halogens is 2. The number of Topliss-reactive ketones (excluding diaryl/α,β-unsaturated/α-hetero) is 2. The highest BCUT2D eigenvalue weighted by Crippen LogP contribution is 2.15. The average Bonchev–Trinajstić information content (AvgIpc) is 2.38. The Bertz CT molecular complexity index is 586. The molecule has 2 aromatic rings. The van der Waals surface area contributed by atoms with Crippen LogP contribution in [0.2, 0.25) is 0 Å². The Balaban J connectivity index is 2.41. The van der Waals surface area contributed by atoms with Crippen LogP contribution in [0.5, 0.6) is 0 Å². The lowest BCUT2D eigenvalue weighted by molar-refractivity contribution is 0.0811. The predicted octanol–water partition coefficient (Wildman–Crippen LogP) is 3.03. The summed E-state index contributed by atoms with van der Waals surface area (Å²) < 4.78 is 26.7. The van der Waals surface area contributed by atoms with Gasteiger partial charge < -0.3 is 0 Å². The van der Waals surface area contributed by atoms with Gasteiger partial charge >= 0.3 is 0 Å². The van der Waals surface area contributed by atoms with Crippen LogP contribution in [0.25, 0.3) is 0 Å². The van der Waals surface area contributed by atoms with E-state index in [4.69, 9.17) is 0 Å². The summed E-state index contributed by atoms with van der Waals surface area (Å²) in [7, 11) is 0. The molecule has 0 fully saturated rings. The fourth-order valence-electron chi connectivity index (χ4n) is 1.55. The minimum Gasteiger partial charge on any atom is -0.285 e. The summed E-state index contributed by atoms with van der Waals surface area (Å²) in [5, 5.41) is 0. The van der Waals surface area contributed by atoms with E-state index in [2.05, 4.69) is 0 Å². The predicted molar refractivity (Wildman–Crippen MR) is 61.5 cm³/mol. The second-order valence-corrected chi connectivity index (χ2v) is 3.62. The lowest BCUT2D eigenvalue weighted by Crippen LogP contribution is -2.17. The monoisotopic (exact) mass is 246 g/mol. The van der Waals surface area contributed by atoms with Crippen molar-refractivity contribution in [2.45, 2.75) is 0 Å². The number of benzene rings is 2. The molecule has 0 bridgehead atoms. The van der Waals surface area contributed by atoms with Crippen LogP contribution < -0.4 is 0 Å². The molecule has 0 N–H and O–H groups in total. The first-order chi connectivity index (χ1) is 8.61. The van der Waals surface area contributed by atoms with E-state index in [0.29, 0.717) is 0 Å². The van der Waals surface area contributed by atoms with E-state index in [1.54, 1.807) is 18.2 Å². The molecule has 0 saturated heterocycles. The third-order valence-corrected chi connectivity index (χ3v) is 2.43. The first-order valence-corrected chi connectivity index (χ1v) is 5.19. The Morgan fingerprint density at radius 1 is 0.722 bits per heavy atom. The van der Waals surface area contributed by atoms with Gasteiger partial charge in [-0.3, -0.25) is 9.59 Å². The number of ketones is 2. The standard InChI is InChI=1S/C14H8F2O2/c15-10-7-4-8-11(16)12(10)14(18)13(17)9-5-2-1-3-6-9/h1-8H. The van der Waals surface area contributed by atoms with Crippen LogP contribution in [-0.2, 0) is 0 Å². The van der Waals surface area contributed by atoms with E-state index in [-0.39, 0.29) is 5.56 Å². The molecule has 0 saturated carbocycles. The van der Waals surface area contributed by atoms with Crippen LogP contribution in [0.1, 0.15) is 20.7 Å². The van der Waals surface area contributed by atoms with Crippen molar-refractivity contribution in [2.75, 3.05) is 0 Å². The molecule has 2 nitrogen and oxygen atoms in total. The van der Waals surface area contributed by atoms with Gasteiger partial charge in [0.1, 0.15) is 11.6 Å². The third kappa shape index (κ3) is 2.18. The van der Waals surface area contributed by atoms with Gasteiger partial charge in [0, 0.05) is 5.56 Å². The topological polar surface area (TPSA) is 34.1 Å². The highest BCUT2D eigenvalue weighted by molar-refractivity contribution is 6.49. The van der Waals surface area contributed by atoms with Crippen LogP contribution in [-0.4, -0.2) is 11.6 Å². The number of carbonyl (C=O) groups is 2. The summed E-state index contributed by atoms with van der Waals surface area (Å²) in [6.07, 6.45) is 0. The summed E-state index contributed by atoms with van der Waals surface area (Å²) in [6, 6.07) is 10.6. The normalized spacial score (nSPS) is 10.1. The molecule has 0 amide bonds. The maximum Gasteiger partial charge on any atom is 0.239 e. The number of hydrogen-bond acceptors (Lipinski definition) is 2. The van der Waals surface area contributed by atoms with Gasteiger partial charge in [-0.2, -0.15) is 0 Å². The molecule has 0 radical (unpaired) electrons. The average molecular weight is 246 g/mol. The second kappa shape index (κ2) is 4.87. The molecule has 2 rings (SSSR count). The minimum absolute atomic E-state index is 0.102. The Morgan fingerprint density at radius 3 is 1.83 bits per heavy atom. The lowest BCUT2D eigenvalue weighted by atomic mass is 10.0. The molecule has 0 aliphatic heterocycles. The van der Waals surface area contributed by atoms with Crippen LogP contribution in [0.4, 0.5) is 8.78 Å². The molecular formula is C14H8F2O2. The van der Waals surface area contributed by atoms with Crippen LogP contribution in [0.15, 0.2) is 48.5 Å². The minimum atomic E-state index is -1.18. The van der Waals surface area contributed by atoms with Crippen molar-refractivity contribution in [3.8, 4) is 0 Å². The highest BCUT2D eigenvalue weighted by Gasteiger charge is 2.24. The summed E-state index contributed by atoms with van der Waals surface area (Å²) in [4.78, 5) is 23.5. The molecule has 0 unspecified atom stereocenters. The highest BCUT2D eigenvalue weighted by atomic mass is 19.1. The van der Waals surface area contributed by atoms with Crippen LogP contribution in [0.3, 0.4) is 0 Å².